The maximum Gasteiger partial charge on any atom is 0.348 e. The fourth-order valence-corrected chi connectivity index (χ4v) is 4.85. The number of carbonyl (C=O) groups excluding carboxylic acids is 1. The van der Waals surface area contributed by atoms with Crippen molar-refractivity contribution in [2.45, 2.75) is 6.61 Å². The Bertz CT molecular complexity index is 1380. The molecule has 5 rings (SSSR count). The highest BCUT2D eigenvalue weighted by Crippen LogP contribution is 2.34. The van der Waals surface area contributed by atoms with E-state index < -0.39 is 5.97 Å². The fraction of sp³-hybridized carbons (Fsp3) is 0.0476. The average Bonchev–Trinajstić information content (AvgIpc) is 3.39. The number of hydrogen-bond acceptors (Lipinski definition) is 7. The first-order valence-corrected chi connectivity index (χ1v) is 10.4. The highest BCUT2D eigenvalue weighted by atomic mass is 32.1. The Morgan fingerprint density at radius 2 is 1.86 bits per heavy atom. The van der Waals surface area contributed by atoms with Crippen LogP contribution in [-0.2, 0) is 11.3 Å². The smallest absolute Gasteiger partial charge is 0.348 e. The first-order valence-electron chi connectivity index (χ1n) is 8.77. The molecular formula is C21H13N3O3S2. The Kier molecular flexibility index (Phi) is 4.42. The third kappa shape index (κ3) is 3.43. The number of ether oxygens (including phenoxy) is 1. The number of aromatic nitrogens is 3. The zero-order valence-corrected chi connectivity index (χ0v) is 16.6. The van der Waals surface area contributed by atoms with Crippen LogP contribution in [-0.4, -0.2) is 20.3 Å². The van der Waals surface area contributed by atoms with Crippen LogP contribution in [0.15, 0.2) is 71.7 Å². The fourth-order valence-electron chi connectivity index (χ4n) is 2.93. The Morgan fingerprint density at radius 3 is 2.76 bits per heavy atom. The molecule has 0 spiro atoms. The van der Waals surface area contributed by atoms with Crippen molar-refractivity contribution in [3.63, 3.8) is 0 Å². The van der Waals surface area contributed by atoms with Crippen molar-refractivity contribution < 1.29 is 9.53 Å². The van der Waals surface area contributed by atoms with E-state index in [1.54, 1.807) is 41.8 Å². The Labute approximate surface area is 172 Å². The molecule has 5 aromatic rings. The SMILES string of the molecule is O=C(OCc1cc(=O)n2ccccc2n1)c1ccc(-c2nc3ccccc3s2)s1. The molecule has 142 valence electrons. The van der Waals surface area contributed by atoms with Crippen LogP contribution in [0.1, 0.15) is 15.4 Å². The van der Waals surface area contributed by atoms with Gasteiger partial charge in [0.1, 0.15) is 22.1 Å². The molecule has 0 saturated heterocycles. The van der Waals surface area contributed by atoms with Crippen molar-refractivity contribution in [2.75, 3.05) is 0 Å². The summed E-state index contributed by atoms with van der Waals surface area (Å²) in [4.78, 5) is 34.9. The van der Waals surface area contributed by atoms with Gasteiger partial charge in [0.2, 0.25) is 0 Å². The lowest BCUT2D eigenvalue weighted by Crippen LogP contribution is -2.16. The van der Waals surface area contributed by atoms with Crippen LogP contribution in [0, 0.1) is 0 Å². The lowest BCUT2D eigenvalue weighted by atomic mass is 10.3. The van der Waals surface area contributed by atoms with Crippen LogP contribution in [0.5, 0.6) is 0 Å². The second kappa shape index (κ2) is 7.23. The lowest BCUT2D eigenvalue weighted by molar-refractivity contribution is 0.0473. The van der Waals surface area contributed by atoms with Gasteiger partial charge in [-0.05, 0) is 36.4 Å². The molecule has 4 heterocycles. The molecule has 0 radical (unpaired) electrons. The van der Waals surface area contributed by atoms with Crippen molar-refractivity contribution in [1.29, 1.82) is 0 Å². The Balaban J connectivity index is 1.33. The van der Waals surface area contributed by atoms with E-state index >= 15 is 0 Å². The summed E-state index contributed by atoms with van der Waals surface area (Å²) in [6, 6.07) is 18.2. The molecule has 0 aliphatic rings. The summed E-state index contributed by atoms with van der Waals surface area (Å²) in [6.45, 7) is -0.0617. The number of benzene rings is 1. The second-order valence-corrected chi connectivity index (χ2v) is 8.36. The molecule has 6 nitrogen and oxygen atoms in total. The number of nitrogens with zero attached hydrogens (tertiary/aromatic N) is 3. The predicted octanol–water partition coefficient (Wildman–Crippen LogP) is 4.39. The highest BCUT2D eigenvalue weighted by molar-refractivity contribution is 7.26. The van der Waals surface area contributed by atoms with Crippen molar-refractivity contribution in [3.05, 3.63) is 87.8 Å². The van der Waals surface area contributed by atoms with Crippen LogP contribution in [0.3, 0.4) is 0 Å². The molecule has 4 aromatic heterocycles. The van der Waals surface area contributed by atoms with E-state index in [0.29, 0.717) is 16.2 Å². The standard InChI is InChI=1S/C21H13N3O3S2/c25-19-11-13(22-18-7-3-4-10-24(18)19)12-27-21(26)17-9-8-16(28-17)20-23-14-5-1-2-6-15(14)29-20/h1-11H,12H2. The number of rotatable bonds is 4. The van der Waals surface area contributed by atoms with Crippen LogP contribution in [0.4, 0.5) is 0 Å². The number of fused-ring (bicyclic) bond motifs is 2. The largest absolute Gasteiger partial charge is 0.455 e. The minimum Gasteiger partial charge on any atom is -0.455 e. The van der Waals surface area contributed by atoms with Gasteiger partial charge in [-0.3, -0.25) is 9.20 Å². The number of thiophene rings is 1. The normalized spacial score (nSPS) is 11.2. The number of para-hydroxylation sites is 1. The van der Waals surface area contributed by atoms with Crippen LogP contribution >= 0.6 is 22.7 Å². The quantitative estimate of drug-likeness (QED) is 0.404. The van der Waals surface area contributed by atoms with E-state index in [4.69, 9.17) is 4.74 Å². The van der Waals surface area contributed by atoms with Gasteiger partial charge in [-0.2, -0.15) is 0 Å². The summed E-state index contributed by atoms with van der Waals surface area (Å²) in [5.74, 6) is -0.447. The van der Waals surface area contributed by atoms with Crippen LogP contribution in [0.25, 0.3) is 25.7 Å². The molecule has 0 fully saturated rings. The van der Waals surface area contributed by atoms with Gasteiger partial charge in [0.05, 0.1) is 20.8 Å². The molecular weight excluding hydrogens is 406 g/mol. The van der Waals surface area contributed by atoms with Gasteiger partial charge in [-0.1, -0.05) is 18.2 Å². The van der Waals surface area contributed by atoms with Gasteiger partial charge >= 0.3 is 5.97 Å². The minimum atomic E-state index is -0.447. The third-order valence-electron chi connectivity index (χ3n) is 4.29. The van der Waals surface area contributed by atoms with E-state index in [9.17, 15) is 9.59 Å². The number of esters is 1. The van der Waals surface area contributed by atoms with E-state index in [1.807, 2.05) is 30.3 Å². The molecule has 1 aromatic carbocycles. The Morgan fingerprint density at radius 1 is 1.00 bits per heavy atom. The molecule has 0 unspecified atom stereocenters. The van der Waals surface area contributed by atoms with Gasteiger partial charge in [0.25, 0.3) is 5.56 Å². The molecule has 0 aliphatic carbocycles. The van der Waals surface area contributed by atoms with Gasteiger partial charge in [-0.25, -0.2) is 14.8 Å². The minimum absolute atomic E-state index is 0.0617. The molecule has 0 aliphatic heterocycles. The Hall–Kier alpha value is -3.36. The van der Waals surface area contributed by atoms with Crippen molar-refractivity contribution in [1.82, 2.24) is 14.4 Å². The zero-order chi connectivity index (χ0) is 19.8. The van der Waals surface area contributed by atoms with Gasteiger partial charge < -0.3 is 4.74 Å². The summed E-state index contributed by atoms with van der Waals surface area (Å²) in [5, 5.41) is 0.875. The van der Waals surface area contributed by atoms with Gasteiger partial charge in [0, 0.05) is 12.3 Å². The molecule has 0 amide bonds. The van der Waals surface area contributed by atoms with Gasteiger partial charge in [0.15, 0.2) is 0 Å². The molecule has 8 heteroatoms. The van der Waals surface area contributed by atoms with Crippen molar-refractivity contribution in [3.8, 4) is 9.88 Å². The molecule has 0 bridgehead atoms. The molecule has 0 saturated carbocycles. The lowest BCUT2D eigenvalue weighted by Gasteiger charge is -2.04. The second-order valence-electron chi connectivity index (χ2n) is 6.24. The third-order valence-corrected chi connectivity index (χ3v) is 6.56. The number of pyridine rings is 1. The van der Waals surface area contributed by atoms with E-state index in [0.717, 1.165) is 20.1 Å². The molecule has 0 atom stereocenters. The summed E-state index contributed by atoms with van der Waals surface area (Å²) >= 11 is 2.93. The van der Waals surface area contributed by atoms with Gasteiger partial charge in [-0.15, -0.1) is 22.7 Å². The maximum atomic E-state index is 12.4. The van der Waals surface area contributed by atoms with E-state index in [-0.39, 0.29) is 12.2 Å². The number of thiazole rings is 1. The number of hydrogen-bond donors (Lipinski definition) is 0. The molecule has 29 heavy (non-hydrogen) atoms. The monoisotopic (exact) mass is 419 g/mol. The maximum absolute atomic E-state index is 12.4. The van der Waals surface area contributed by atoms with Crippen LogP contribution in [0.2, 0.25) is 0 Å². The first kappa shape index (κ1) is 17.7. The summed E-state index contributed by atoms with van der Waals surface area (Å²) < 4.78 is 7.91. The summed E-state index contributed by atoms with van der Waals surface area (Å²) in [6.07, 6.45) is 1.65. The van der Waals surface area contributed by atoms with Crippen molar-refractivity contribution in [2.24, 2.45) is 0 Å². The predicted molar refractivity (Wildman–Crippen MR) is 114 cm³/mol. The van der Waals surface area contributed by atoms with E-state index in [2.05, 4.69) is 9.97 Å². The summed E-state index contributed by atoms with van der Waals surface area (Å²) in [7, 11) is 0. The zero-order valence-electron chi connectivity index (χ0n) is 14.9. The number of carbonyl (C=O) groups is 1. The topological polar surface area (TPSA) is 73.6 Å². The first-order chi connectivity index (χ1) is 14.2. The average molecular weight is 419 g/mol. The highest BCUT2D eigenvalue weighted by Gasteiger charge is 2.15. The summed E-state index contributed by atoms with van der Waals surface area (Å²) in [5.41, 5.74) is 1.66. The van der Waals surface area contributed by atoms with Crippen LogP contribution < -0.4 is 5.56 Å². The molecule has 0 N–H and O–H groups in total. The van der Waals surface area contributed by atoms with Crippen molar-refractivity contribution >= 4 is 44.5 Å². The van der Waals surface area contributed by atoms with E-state index in [1.165, 1.54) is 21.8 Å².